The van der Waals surface area contributed by atoms with Crippen molar-refractivity contribution in [2.45, 2.75) is 57.3 Å². The molecule has 0 spiro atoms. The van der Waals surface area contributed by atoms with Gasteiger partial charge in [-0.15, -0.1) is 0 Å². The number of amides is 2. The van der Waals surface area contributed by atoms with Gasteiger partial charge in [0, 0.05) is 37.8 Å². The van der Waals surface area contributed by atoms with Crippen molar-refractivity contribution in [3.8, 4) is 0 Å². The third kappa shape index (κ3) is 6.48. The van der Waals surface area contributed by atoms with Crippen molar-refractivity contribution in [2.24, 2.45) is 5.92 Å². The lowest BCUT2D eigenvalue weighted by Gasteiger charge is -2.30. The zero-order chi connectivity index (χ0) is 24.6. The molecule has 1 saturated heterocycles. The quantitative estimate of drug-likeness (QED) is 0.505. The molecule has 3 rings (SSSR count). The number of benzene rings is 1. The zero-order valence-corrected chi connectivity index (χ0v) is 20.9. The first-order chi connectivity index (χ1) is 16.4. The van der Waals surface area contributed by atoms with Crippen LogP contribution in [0.3, 0.4) is 0 Å². The number of unbranched alkanes of at least 4 members (excludes halogenated alkanes) is 2. The minimum Gasteiger partial charge on any atom is -0.459 e. The lowest BCUT2D eigenvalue weighted by atomic mass is 9.95. The van der Waals surface area contributed by atoms with E-state index in [1.165, 1.54) is 6.26 Å². The minimum atomic E-state index is -3.57. The third-order valence-corrected chi connectivity index (χ3v) is 8.08. The number of anilines is 1. The molecular weight excluding hydrogens is 454 g/mol. The van der Waals surface area contributed by atoms with E-state index in [1.54, 1.807) is 45.6 Å². The van der Waals surface area contributed by atoms with Gasteiger partial charge in [-0.2, -0.15) is 4.31 Å². The zero-order valence-electron chi connectivity index (χ0n) is 20.0. The second-order valence-electron chi connectivity index (χ2n) is 8.67. The summed E-state index contributed by atoms with van der Waals surface area (Å²) in [4.78, 5) is 27.1. The average molecular weight is 490 g/mol. The number of carbonyl (C=O) groups is 2. The monoisotopic (exact) mass is 489 g/mol. The minimum absolute atomic E-state index is 0.117. The fraction of sp³-hybridized carbons (Fsp3) is 0.520. The number of sulfonamides is 1. The van der Waals surface area contributed by atoms with E-state index < -0.39 is 10.0 Å². The Bertz CT molecular complexity index is 1020. The summed E-state index contributed by atoms with van der Waals surface area (Å²) in [7, 11) is -3.57. The highest BCUT2D eigenvalue weighted by molar-refractivity contribution is 7.89. The van der Waals surface area contributed by atoms with Gasteiger partial charge in [-0.1, -0.05) is 26.7 Å². The summed E-state index contributed by atoms with van der Waals surface area (Å²) in [6.07, 6.45) is 6.10. The molecule has 0 unspecified atom stereocenters. The standard InChI is InChI=1S/C25H35N3O5S/c1-3-5-15-28(16-6-4-2)34(31,32)22-11-9-21(10-12-22)26-24(29)20-13-17-27(18-14-20)25(30)23-8-7-19-33-23/h7-12,19-20H,3-6,13-18H2,1-2H3,(H,26,29). The largest absolute Gasteiger partial charge is 0.459 e. The Morgan fingerprint density at radius 2 is 1.65 bits per heavy atom. The third-order valence-electron chi connectivity index (χ3n) is 6.17. The van der Waals surface area contributed by atoms with E-state index in [4.69, 9.17) is 4.42 Å². The van der Waals surface area contributed by atoms with Gasteiger partial charge in [0.15, 0.2) is 5.76 Å². The number of piperidine rings is 1. The Kier molecular flexibility index (Phi) is 9.29. The van der Waals surface area contributed by atoms with Crippen LogP contribution < -0.4 is 5.32 Å². The number of carbonyl (C=O) groups excluding carboxylic acids is 2. The van der Waals surface area contributed by atoms with E-state index in [9.17, 15) is 18.0 Å². The number of furan rings is 1. The van der Waals surface area contributed by atoms with Gasteiger partial charge in [-0.25, -0.2) is 8.42 Å². The number of nitrogens with one attached hydrogen (secondary N) is 1. The molecule has 2 amide bonds. The van der Waals surface area contributed by atoms with E-state index >= 15 is 0 Å². The van der Waals surface area contributed by atoms with Crippen LogP contribution in [0.4, 0.5) is 5.69 Å². The van der Waals surface area contributed by atoms with E-state index in [0.717, 1.165) is 25.7 Å². The van der Waals surface area contributed by atoms with Crippen molar-refractivity contribution in [1.82, 2.24) is 9.21 Å². The maximum Gasteiger partial charge on any atom is 0.289 e. The predicted octanol–water partition coefficient (Wildman–Crippen LogP) is 4.36. The SMILES string of the molecule is CCCCN(CCCC)S(=O)(=O)c1ccc(NC(=O)C2CCN(C(=O)c3ccco3)CC2)cc1. The molecule has 186 valence electrons. The molecule has 1 aliphatic heterocycles. The second kappa shape index (κ2) is 12.2. The van der Waals surface area contributed by atoms with E-state index in [2.05, 4.69) is 5.32 Å². The van der Waals surface area contributed by atoms with Crippen molar-refractivity contribution in [3.05, 3.63) is 48.4 Å². The highest BCUT2D eigenvalue weighted by atomic mass is 32.2. The molecule has 2 aromatic rings. The molecular formula is C25H35N3O5S. The molecule has 8 nitrogen and oxygen atoms in total. The Hall–Kier alpha value is -2.65. The summed E-state index contributed by atoms with van der Waals surface area (Å²) in [5.41, 5.74) is 0.562. The van der Waals surface area contributed by atoms with Gasteiger partial charge in [0.1, 0.15) is 0 Å². The Morgan fingerprint density at radius 3 is 2.18 bits per heavy atom. The molecule has 1 aromatic carbocycles. The van der Waals surface area contributed by atoms with E-state index in [-0.39, 0.29) is 22.6 Å². The molecule has 1 aliphatic rings. The van der Waals surface area contributed by atoms with Crippen molar-refractivity contribution in [1.29, 1.82) is 0 Å². The van der Waals surface area contributed by atoms with Crippen LogP contribution in [0.5, 0.6) is 0 Å². The van der Waals surface area contributed by atoms with Crippen molar-refractivity contribution in [2.75, 3.05) is 31.5 Å². The van der Waals surface area contributed by atoms with E-state index in [0.29, 0.717) is 50.5 Å². The lowest BCUT2D eigenvalue weighted by Crippen LogP contribution is -2.41. The highest BCUT2D eigenvalue weighted by Crippen LogP contribution is 2.23. The molecule has 9 heteroatoms. The van der Waals surface area contributed by atoms with Crippen LogP contribution in [0.2, 0.25) is 0 Å². The Labute approximate surface area is 202 Å². The number of likely N-dealkylation sites (tertiary alicyclic amines) is 1. The van der Waals surface area contributed by atoms with Crippen molar-refractivity contribution in [3.63, 3.8) is 0 Å². The highest BCUT2D eigenvalue weighted by Gasteiger charge is 2.29. The maximum absolute atomic E-state index is 13.1. The van der Waals surface area contributed by atoms with Gasteiger partial charge in [0.05, 0.1) is 11.2 Å². The molecule has 0 aliphatic carbocycles. The van der Waals surface area contributed by atoms with Crippen molar-refractivity contribution >= 4 is 27.5 Å². The van der Waals surface area contributed by atoms with Gasteiger partial charge in [0.25, 0.3) is 5.91 Å². The summed E-state index contributed by atoms with van der Waals surface area (Å²) in [6, 6.07) is 9.70. The molecule has 0 bridgehead atoms. The number of hydrogen-bond donors (Lipinski definition) is 1. The van der Waals surface area contributed by atoms with Gasteiger partial charge in [-0.05, 0) is 62.1 Å². The first-order valence-corrected chi connectivity index (χ1v) is 13.5. The molecule has 2 heterocycles. The molecule has 1 aromatic heterocycles. The van der Waals surface area contributed by atoms with Crippen LogP contribution in [0.1, 0.15) is 62.9 Å². The van der Waals surface area contributed by atoms with Gasteiger partial charge in [-0.3, -0.25) is 9.59 Å². The Morgan fingerprint density at radius 1 is 1.03 bits per heavy atom. The van der Waals surface area contributed by atoms with Crippen LogP contribution in [0.25, 0.3) is 0 Å². The Balaban J connectivity index is 1.56. The van der Waals surface area contributed by atoms with Crippen LogP contribution in [-0.4, -0.2) is 55.6 Å². The first-order valence-electron chi connectivity index (χ1n) is 12.1. The van der Waals surface area contributed by atoms with Gasteiger partial charge >= 0.3 is 0 Å². The number of hydrogen-bond acceptors (Lipinski definition) is 5. The molecule has 0 atom stereocenters. The molecule has 1 fully saturated rings. The second-order valence-corrected chi connectivity index (χ2v) is 10.6. The van der Waals surface area contributed by atoms with Crippen LogP contribution >= 0.6 is 0 Å². The van der Waals surface area contributed by atoms with Gasteiger partial charge < -0.3 is 14.6 Å². The lowest BCUT2D eigenvalue weighted by molar-refractivity contribution is -0.121. The van der Waals surface area contributed by atoms with Crippen LogP contribution in [-0.2, 0) is 14.8 Å². The fourth-order valence-corrected chi connectivity index (χ4v) is 5.54. The fourth-order valence-electron chi connectivity index (χ4n) is 4.03. The first kappa shape index (κ1) is 26.0. The smallest absolute Gasteiger partial charge is 0.289 e. The van der Waals surface area contributed by atoms with Crippen LogP contribution in [0, 0.1) is 5.92 Å². The molecule has 0 saturated carbocycles. The summed E-state index contributed by atoms with van der Waals surface area (Å²) in [5.74, 6) is -0.177. The maximum atomic E-state index is 13.1. The summed E-state index contributed by atoms with van der Waals surface area (Å²) < 4.78 is 32.9. The van der Waals surface area contributed by atoms with Gasteiger partial charge in [0.2, 0.25) is 15.9 Å². The van der Waals surface area contributed by atoms with Crippen molar-refractivity contribution < 1.29 is 22.4 Å². The van der Waals surface area contributed by atoms with E-state index in [1.807, 2.05) is 13.8 Å². The number of nitrogens with zero attached hydrogens (tertiary/aromatic N) is 2. The number of rotatable bonds is 11. The average Bonchev–Trinajstić information content (AvgIpc) is 3.39. The summed E-state index contributed by atoms with van der Waals surface area (Å²) in [6.45, 7) is 6.09. The molecule has 0 radical (unpaired) electrons. The summed E-state index contributed by atoms with van der Waals surface area (Å²) in [5, 5.41) is 2.89. The summed E-state index contributed by atoms with van der Waals surface area (Å²) >= 11 is 0. The molecule has 34 heavy (non-hydrogen) atoms. The topological polar surface area (TPSA) is 99.9 Å². The normalized spacial score (nSPS) is 15.0. The van der Waals surface area contributed by atoms with Crippen LogP contribution in [0.15, 0.2) is 52.0 Å². The molecule has 1 N–H and O–H groups in total. The predicted molar refractivity (Wildman–Crippen MR) is 131 cm³/mol.